The van der Waals surface area contributed by atoms with E-state index in [1.165, 1.54) is 23.8 Å². The van der Waals surface area contributed by atoms with Crippen molar-refractivity contribution in [1.82, 2.24) is 15.2 Å². The van der Waals surface area contributed by atoms with Crippen LogP contribution < -0.4 is 5.32 Å². The van der Waals surface area contributed by atoms with Crippen LogP contribution >= 0.6 is 11.3 Å². The second kappa shape index (κ2) is 10.9. The number of ether oxygens (including phenoxy) is 1. The molecule has 1 aromatic heterocycles. The van der Waals surface area contributed by atoms with E-state index in [1.54, 1.807) is 4.90 Å². The number of carbonyl (C=O) groups is 3. The standard InChI is InChI=1S/C25H31N3O4S/c1-2-15-32-25(31)27-19(16-17-9-4-3-5-10-17)24(30)28-14-8-12-20(28)22(29)23-26-18-11-6-7-13-21(18)33-23/h2,6-7,11,13,17,19-20H,1,3-5,8-10,12,14-16H2,(H,27,31)/t19-,20-/m0/s1. The molecule has 2 atom stereocenters. The Balaban J connectivity index is 1.50. The number of rotatable bonds is 8. The van der Waals surface area contributed by atoms with Crippen molar-refractivity contribution >= 4 is 39.3 Å². The summed E-state index contributed by atoms with van der Waals surface area (Å²) in [5.41, 5.74) is 0.795. The van der Waals surface area contributed by atoms with Gasteiger partial charge in [0.1, 0.15) is 12.6 Å². The predicted molar refractivity (Wildman–Crippen MR) is 128 cm³/mol. The zero-order valence-corrected chi connectivity index (χ0v) is 19.6. The average molecular weight is 470 g/mol. The zero-order chi connectivity index (χ0) is 23.2. The third-order valence-corrected chi connectivity index (χ3v) is 7.61. The number of carbonyl (C=O) groups excluding carboxylic acids is 3. The minimum atomic E-state index is -0.700. The Kier molecular flexibility index (Phi) is 7.75. The van der Waals surface area contributed by atoms with Gasteiger partial charge in [-0.05, 0) is 37.3 Å². The lowest BCUT2D eigenvalue weighted by Gasteiger charge is -2.31. The number of hydrogen-bond donors (Lipinski definition) is 1. The maximum atomic E-state index is 13.6. The summed E-state index contributed by atoms with van der Waals surface area (Å²) in [6, 6.07) is 6.41. The number of ketones is 1. The van der Waals surface area contributed by atoms with E-state index in [4.69, 9.17) is 4.74 Å². The van der Waals surface area contributed by atoms with Crippen LogP contribution in [-0.2, 0) is 9.53 Å². The molecule has 2 aromatic rings. The van der Waals surface area contributed by atoms with Gasteiger partial charge >= 0.3 is 6.09 Å². The van der Waals surface area contributed by atoms with Crippen LogP contribution in [-0.4, -0.2) is 52.9 Å². The molecular weight excluding hydrogens is 438 g/mol. The summed E-state index contributed by atoms with van der Waals surface area (Å²) in [6.45, 7) is 4.14. The summed E-state index contributed by atoms with van der Waals surface area (Å²) >= 11 is 1.36. The monoisotopic (exact) mass is 469 g/mol. The smallest absolute Gasteiger partial charge is 0.408 e. The molecule has 2 amide bonds. The fourth-order valence-electron chi connectivity index (χ4n) is 4.92. The van der Waals surface area contributed by atoms with Crippen LogP contribution in [0.1, 0.15) is 61.2 Å². The average Bonchev–Trinajstić information content (AvgIpc) is 3.49. The molecule has 1 saturated carbocycles. The minimum Gasteiger partial charge on any atom is -0.445 e. The predicted octanol–water partition coefficient (Wildman–Crippen LogP) is 4.72. The SMILES string of the molecule is C=CCOC(=O)N[C@@H](CC1CCCCC1)C(=O)N1CCC[C@H]1C(=O)c1nc2ccccc2s1. The number of aromatic nitrogens is 1. The number of nitrogens with one attached hydrogen (secondary N) is 1. The van der Waals surface area contributed by atoms with Gasteiger partial charge in [-0.3, -0.25) is 9.59 Å². The molecule has 0 spiro atoms. The quantitative estimate of drug-likeness (QED) is 0.446. The van der Waals surface area contributed by atoms with E-state index in [1.807, 2.05) is 24.3 Å². The minimum absolute atomic E-state index is 0.0819. The summed E-state index contributed by atoms with van der Waals surface area (Å²) in [5.74, 6) is 0.0641. The van der Waals surface area contributed by atoms with Crippen molar-refractivity contribution in [3.8, 4) is 0 Å². The largest absolute Gasteiger partial charge is 0.445 e. The number of hydrogen-bond acceptors (Lipinski definition) is 6. The lowest BCUT2D eigenvalue weighted by molar-refractivity contribution is -0.134. The third kappa shape index (κ3) is 5.61. The number of likely N-dealkylation sites (tertiary alicyclic amines) is 1. The number of alkyl carbamates (subject to hydrolysis) is 1. The first-order valence-corrected chi connectivity index (χ1v) is 12.6. The molecule has 0 bridgehead atoms. The molecule has 1 saturated heterocycles. The van der Waals surface area contributed by atoms with Crippen LogP contribution in [0.3, 0.4) is 0 Å². The summed E-state index contributed by atoms with van der Waals surface area (Å²) in [5, 5.41) is 3.21. The first-order valence-electron chi connectivity index (χ1n) is 11.8. The molecule has 1 N–H and O–H groups in total. The van der Waals surface area contributed by atoms with E-state index in [0.29, 0.717) is 30.3 Å². The molecule has 4 rings (SSSR count). The molecule has 8 heteroatoms. The van der Waals surface area contributed by atoms with Crippen LogP contribution in [0.5, 0.6) is 0 Å². The van der Waals surface area contributed by atoms with E-state index < -0.39 is 18.2 Å². The second-order valence-electron chi connectivity index (χ2n) is 8.86. The fourth-order valence-corrected chi connectivity index (χ4v) is 5.87. The molecule has 0 radical (unpaired) electrons. The third-order valence-electron chi connectivity index (χ3n) is 6.56. The van der Waals surface area contributed by atoms with E-state index >= 15 is 0 Å². The second-order valence-corrected chi connectivity index (χ2v) is 9.90. The number of benzene rings is 1. The number of nitrogens with zero attached hydrogens (tertiary/aromatic N) is 2. The van der Waals surface area contributed by atoms with Crippen molar-refractivity contribution in [1.29, 1.82) is 0 Å². The molecular formula is C25H31N3O4S. The topological polar surface area (TPSA) is 88.6 Å². The molecule has 0 unspecified atom stereocenters. The van der Waals surface area contributed by atoms with E-state index in [9.17, 15) is 14.4 Å². The highest BCUT2D eigenvalue weighted by atomic mass is 32.1. The van der Waals surface area contributed by atoms with Gasteiger partial charge < -0.3 is 15.0 Å². The summed E-state index contributed by atoms with van der Waals surface area (Å²) in [6.07, 6.45) is 8.42. The van der Waals surface area contributed by atoms with Crippen LogP contribution in [0.4, 0.5) is 4.79 Å². The van der Waals surface area contributed by atoms with Gasteiger partial charge in [0.25, 0.3) is 0 Å². The molecule has 2 heterocycles. The van der Waals surface area contributed by atoms with Gasteiger partial charge in [0, 0.05) is 6.54 Å². The maximum Gasteiger partial charge on any atom is 0.408 e. The van der Waals surface area contributed by atoms with Crippen molar-refractivity contribution < 1.29 is 19.1 Å². The number of Topliss-reactive ketones (excluding diaryl/α,β-unsaturated/α-hetero) is 1. The molecule has 1 aliphatic heterocycles. The van der Waals surface area contributed by atoms with Crippen molar-refractivity contribution in [2.45, 2.75) is 63.5 Å². The zero-order valence-electron chi connectivity index (χ0n) is 18.8. The Morgan fingerprint density at radius 1 is 1.18 bits per heavy atom. The highest BCUT2D eigenvalue weighted by Gasteiger charge is 2.39. The van der Waals surface area contributed by atoms with Crippen molar-refractivity contribution in [3.05, 3.63) is 41.9 Å². The van der Waals surface area contributed by atoms with Crippen molar-refractivity contribution in [2.75, 3.05) is 13.2 Å². The molecule has 176 valence electrons. The van der Waals surface area contributed by atoms with Crippen LogP contribution in [0, 0.1) is 5.92 Å². The van der Waals surface area contributed by atoms with Gasteiger partial charge in [0.2, 0.25) is 11.7 Å². The Labute approximate surface area is 198 Å². The number of thiazole rings is 1. The Hall–Kier alpha value is -2.74. The van der Waals surface area contributed by atoms with Crippen molar-refractivity contribution in [2.24, 2.45) is 5.92 Å². The first kappa shape index (κ1) is 23.4. The summed E-state index contributed by atoms with van der Waals surface area (Å²) in [7, 11) is 0. The molecule has 2 fully saturated rings. The van der Waals surface area contributed by atoms with E-state index in [-0.39, 0.29) is 18.3 Å². The molecule has 1 aliphatic carbocycles. The molecule has 2 aliphatic rings. The van der Waals surface area contributed by atoms with Gasteiger partial charge in [-0.2, -0.15) is 0 Å². The van der Waals surface area contributed by atoms with Crippen LogP contribution in [0.15, 0.2) is 36.9 Å². The van der Waals surface area contributed by atoms with E-state index in [2.05, 4.69) is 16.9 Å². The Morgan fingerprint density at radius 2 is 1.97 bits per heavy atom. The first-order chi connectivity index (χ1) is 16.1. The Morgan fingerprint density at radius 3 is 2.73 bits per heavy atom. The number of amides is 2. The number of fused-ring (bicyclic) bond motifs is 1. The normalized spacial score (nSPS) is 19.9. The highest BCUT2D eigenvalue weighted by Crippen LogP contribution is 2.30. The van der Waals surface area contributed by atoms with Crippen LogP contribution in [0.25, 0.3) is 10.2 Å². The van der Waals surface area contributed by atoms with E-state index in [0.717, 1.165) is 42.3 Å². The summed E-state index contributed by atoms with van der Waals surface area (Å²) < 4.78 is 6.04. The molecule has 7 nitrogen and oxygen atoms in total. The van der Waals surface area contributed by atoms with Crippen molar-refractivity contribution in [3.63, 3.8) is 0 Å². The summed E-state index contributed by atoms with van der Waals surface area (Å²) in [4.78, 5) is 45.4. The molecule has 1 aromatic carbocycles. The van der Waals surface area contributed by atoms with Crippen LogP contribution in [0.2, 0.25) is 0 Å². The van der Waals surface area contributed by atoms with Gasteiger partial charge in [0.05, 0.1) is 16.3 Å². The molecule has 33 heavy (non-hydrogen) atoms. The van der Waals surface area contributed by atoms with Gasteiger partial charge in [-0.15, -0.1) is 11.3 Å². The van der Waals surface area contributed by atoms with Gasteiger partial charge in [-0.1, -0.05) is 56.9 Å². The Bertz CT molecular complexity index is 981. The maximum absolute atomic E-state index is 13.6. The van der Waals surface area contributed by atoms with Gasteiger partial charge in [0.15, 0.2) is 5.01 Å². The lowest BCUT2D eigenvalue weighted by atomic mass is 9.84. The lowest BCUT2D eigenvalue weighted by Crippen LogP contribution is -2.52. The highest BCUT2D eigenvalue weighted by molar-refractivity contribution is 7.20. The number of para-hydroxylation sites is 1. The van der Waals surface area contributed by atoms with Gasteiger partial charge in [-0.25, -0.2) is 9.78 Å². The fraction of sp³-hybridized carbons (Fsp3) is 0.520.